The summed E-state index contributed by atoms with van der Waals surface area (Å²) in [7, 11) is 0. The lowest BCUT2D eigenvalue weighted by molar-refractivity contribution is 0.245. The van der Waals surface area contributed by atoms with Crippen LogP contribution in [-0.4, -0.2) is 25.2 Å². The van der Waals surface area contributed by atoms with E-state index in [0.29, 0.717) is 17.1 Å². The highest BCUT2D eigenvalue weighted by molar-refractivity contribution is 6.33. The van der Waals surface area contributed by atoms with Gasteiger partial charge in [-0.05, 0) is 43.9 Å². The van der Waals surface area contributed by atoms with Crippen LogP contribution in [0, 0.1) is 11.7 Å². The number of benzene rings is 1. The van der Waals surface area contributed by atoms with E-state index in [2.05, 4.69) is 17.1 Å². The molecular weight excluding hydrogens is 287 g/mol. The van der Waals surface area contributed by atoms with Crippen LogP contribution in [-0.2, 0) is 0 Å². The molecule has 0 bridgehead atoms. The summed E-state index contributed by atoms with van der Waals surface area (Å²) in [6.07, 6.45) is 6.70. The number of piperazine rings is 1. The van der Waals surface area contributed by atoms with Crippen LogP contribution in [0.1, 0.15) is 39.0 Å². The van der Waals surface area contributed by atoms with Crippen LogP contribution < -0.4 is 10.2 Å². The average Bonchev–Trinajstić information content (AvgIpc) is 2.51. The molecule has 1 aromatic carbocycles. The summed E-state index contributed by atoms with van der Waals surface area (Å²) >= 11 is 6.30. The lowest BCUT2D eigenvalue weighted by Gasteiger charge is -2.44. The highest BCUT2D eigenvalue weighted by atomic mass is 35.5. The molecule has 4 heteroatoms. The fraction of sp³-hybridized carbons (Fsp3) is 0.647. The van der Waals surface area contributed by atoms with E-state index in [1.807, 2.05) is 0 Å². The topological polar surface area (TPSA) is 15.3 Å². The van der Waals surface area contributed by atoms with Gasteiger partial charge >= 0.3 is 0 Å². The number of rotatable bonds is 2. The minimum Gasteiger partial charge on any atom is -0.365 e. The fourth-order valence-corrected chi connectivity index (χ4v) is 4.01. The molecule has 3 rings (SSSR count). The van der Waals surface area contributed by atoms with Crippen LogP contribution in [0.15, 0.2) is 18.2 Å². The third-order valence-electron chi connectivity index (χ3n) is 5.04. The molecule has 0 spiro atoms. The van der Waals surface area contributed by atoms with E-state index in [9.17, 15) is 4.39 Å². The highest BCUT2D eigenvalue weighted by Gasteiger charge is 2.32. The Hall–Kier alpha value is -0.800. The third kappa shape index (κ3) is 3.35. The molecule has 2 atom stereocenters. The zero-order chi connectivity index (χ0) is 14.8. The van der Waals surface area contributed by atoms with Gasteiger partial charge in [-0.3, -0.25) is 0 Å². The van der Waals surface area contributed by atoms with Crippen molar-refractivity contribution in [1.82, 2.24) is 5.32 Å². The zero-order valence-corrected chi connectivity index (χ0v) is 13.4. The Morgan fingerprint density at radius 2 is 2.00 bits per heavy atom. The molecule has 2 unspecified atom stereocenters. The van der Waals surface area contributed by atoms with Gasteiger partial charge in [-0.1, -0.05) is 30.9 Å². The minimum absolute atomic E-state index is 0.214. The van der Waals surface area contributed by atoms with Gasteiger partial charge in [0.15, 0.2) is 0 Å². The van der Waals surface area contributed by atoms with Gasteiger partial charge in [0.25, 0.3) is 0 Å². The third-order valence-corrected chi connectivity index (χ3v) is 5.36. The summed E-state index contributed by atoms with van der Waals surface area (Å²) in [5, 5.41) is 4.34. The first kappa shape index (κ1) is 15.1. The van der Waals surface area contributed by atoms with E-state index in [0.717, 1.165) is 24.7 Å². The highest BCUT2D eigenvalue weighted by Crippen LogP contribution is 2.33. The van der Waals surface area contributed by atoms with Crippen LogP contribution in [0.3, 0.4) is 0 Å². The first-order chi connectivity index (χ1) is 10.1. The van der Waals surface area contributed by atoms with Crippen molar-refractivity contribution in [3.05, 3.63) is 29.0 Å². The van der Waals surface area contributed by atoms with Gasteiger partial charge in [0, 0.05) is 25.2 Å². The Balaban J connectivity index is 1.78. The van der Waals surface area contributed by atoms with Crippen molar-refractivity contribution in [3.8, 4) is 0 Å². The Morgan fingerprint density at radius 1 is 1.24 bits per heavy atom. The SMILES string of the molecule is CC1CNC(C2CCCCC2)CN1c1cc(F)ccc1Cl. The van der Waals surface area contributed by atoms with Gasteiger partial charge < -0.3 is 10.2 Å². The molecular formula is C17H24ClFN2. The average molecular weight is 311 g/mol. The molecule has 2 aliphatic rings. The Kier molecular flexibility index (Phi) is 4.70. The largest absolute Gasteiger partial charge is 0.365 e. The molecule has 1 saturated heterocycles. The Labute approximate surface area is 131 Å². The number of hydrogen-bond donors (Lipinski definition) is 1. The molecule has 1 aromatic rings. The van der Waals surface area contributed by atoms with Crippen molar-refractivity contribution in [3.63, 3.8) is 0 Å². The molecule has 1 N–H and O–H groups in total. The summed E-state index contributed by atoms with van der Waals surface area (Å²) in [6, 6.07) is 5.50. The Morgan fingerprint density at radius 3 is 2.76 bits per heavy atom. The first-order valence-corrected chi connectivity index (χ1v) is 8.48. The molecule has 1 aliphatic heterocycles. The van der Waals surface area contributed by atoms with Crippen molar-refractivity contribution >= 4 is 17.3 Å². The minimum atomic E-state index is -0.214. The standard InChI is InChI=1S/C17H24ClFN2/c1-12-10-20-16(13-5-3-2-4-6-13)11-21(12)17-9-14(19)7-8-15(17)18/h7-9,12-13,16,20H,2-6,10-11H2,1H3. The van der Waals surface area contributed by atoms with Gasteiger partial charge in [0.1, 0.15) is 5.82 Å². The molecule has 116 valence electrons. The van der Waals surface area contributed by atoms with E-state index in [-0.39, 0.29) is 5.82 Å². The van der Waals surface area contributed by atoms with Gasteiger partial charge in [-0.2, -0.15) is 0 Å². The smallest absolute Gasteiger partial charge is 0.125 e. The molecule has 21 heavy (non-hydrogen) atoms. The van der Waals surface area contributed by atoms with E-state index < -0.39 is 0 Å². The van der Waals surface area contributed by atoms with E-state index in [1.165, 1.54) is 38.2 Å². The maximum atomic E-state index is 13.6. The number of nitrogens with one attached hydrogen (secondary N) is 1. The molecule has 0 amide bonds. The van der Waals surface area contributed by atoms with E-state index in [1.54, 1.807) is 12.1 Å². The maximum Gasteiger partial charge on any atom is 0.125 e. The fourth-order valence-electron chi connectivity index (χ4n) is 3.78. The quantitative estimate of drug-likeness (QED) is 0.879. The van der Waals surface area contributed by atoms with Gasteiger partial charge in [0.05, 0.1) is 10.7 Å². The maximum absolute atomic E-state index is 13.6. The van der Waals surface area contributed by atoms with Gasteiger partial charge in [0.2, 0.25) is 0 Å². The second-order valence-electron chi connectivity index (χ2n) is 6.51. The molecule has 1 heterocycles. The van der Waals surface area contributed by atoms with Gasteiger partial charge in [-0.15, -0.1) is 0 Å². The summed E-state index contributed by atoms with van der Waals surface area (Å²) in [6.45, 7) is 4.04. The Bertz CT molecular complexity index is 488. The summed E-state index contributed by atoms with van der Waals surface area (Å²) in [4.78, 5) is 2.28. The second kappa shape index (κ2) is 6.53. The molecule has 0 aromatic heterocycles. The van der Waals surface area contributed by atoms with Crippen LogP contribution in [0.2, 0.25) is 5.02 Å². The zero-order valence-electron chi connectivity index (χ0n) is 12.6. The van der Waals surface area contributed by atoms with Crippen LogP contribution in [0.4, 0.5) is 10.1 Å². The normalized spacial score (nSPS) is 27.9. The van der Waals surface area contributed by atoms with Crippen LogP contribution in [0.25, 0.3) is 0 Å². The van der Waals surface area contributed by atoms with Crippen molar-refractivity contribution in [1.29, 1.82) is 0 Å². The summed E-state index contributed by atoms with van der Waals surface area (Å²) in [5.41, 5.74) is 0.839. The molecule has 2 nitrogen and oxygen atoms in total. The first-order valence-electron chi connectivity index (χ1n) is 8.10. The van der Waals surface area contributed by atoms with Gasteiger partial charge in [-0.25, -0.2) is 4.39 Å². The van der Waals surface area contributed by atoms with Crippen molar-refractivity contribution in [2.24, 2.45) is 5.92 Å². The lowest BCUT2D eigenvalue weighted by atomic mass is 9.82. The second-order valence-corrected chi connectivity index (χ2v) is 6.92. The molecule has 0 radical (unpaired) electrons. The number of nitrogens with zero attached hydrogens (tertiary/aromatic N) is 1. The molecule has 1 aliphatic carbocycles. The van der Waals surface area contributed by atoms with Crippen LogP contribution in [0.5, 0.6) is 0 Å². The lowest BCUT2D eigenvalue weighted by Crippen LogP contribution is -2.58. The van der Waals surface area contributed by atoms with Crippen molar-refractivity contribution in [2.45, 2.75) is 51.1 Å². The van der Waals surface area contributed by atoms with Crippen molar-refractivity contribution < 1.29 is 4.39 Å². The monoisotopic (exact) mass is 310 g/mol. The number of anilines is 1. The van der Waals surface area contributed by atoms with E-state index >= 15 is 0 Å². The van der Waals surface area contributed by atoms with E-state index in [4.69, 9.17) is 11.6 Å². The van der Waals surface area contributed by atoms with Crippen molar-refractivity contribution in [2.75, 3.05) is 18.0 Å². The molecule has 2 fully saturated rings. The number of halogens is 2. The van der Waals surface area contributed by atoms with Crippen LogP contribution >= 0.6 is 11.6 Å². The predicted octanol–water partition coefficient (Wildman–Crippen LogP) is 4.23. The number of hydrogen-bond acceptors (Lipinski definition) is 2. The summed E-state index contributed by atoms with van der Waals surface area (Å²) in [5.74, 6) is 0.537. The predicted molar refractivity (Wildman–Crippen MR) is 86.6 cm³/mol. The summed E-state index contributed by atoms with van der Waals surface area (Å²) < 4.78 is 13.6. The molecule has 1 saturated carbocycles.